The first-order valence-electron chi connectivity index (χ1n) is 4.92. The minimum Gasteiger partial charge on any atom is -0.356 e. The maximum absolute atomic E-state index is 11.2. The molecule has 0 heterocycles. The van der Waals surface area contributed by atoms with Crippen LogP contribution in [0.3, 0.4) is 0 Å². The van der Waals surface area contributed by atoms with E-state index < -0.39 is 0 Å². The summed E-state index contributed by atoms with van der Waals surface area (Å²) in [5.74, 6) is 1.85. The van der Waals surface area contributed by atoms with Crippen molar-refractivity contribution in [2.75, 3.05) is 18.6 Å². The summed E-state index contributed by atoms with van der Waals surface area (Å²) in [6.45, 7) is 4.96. The topological polar surface area (TPSA) is 29.1 Å². The van der Waals surface area contributed by atoms with Crippen LogP contribution in [0.5, 0.6) is 0 Å². The molecule has 0 radical (unpaired) electrons. The summed E-state index contributed by atoms with van der Waals surface area (Å²) >= 11 is 1.86. The second-order valence-corrected chi connectivity index (χ2v) is 4.63. The van der Waals surface area contributed by atoms with Crippen molar-refractivity contribution in [1.82, 2.24) is 5.32 Å². The smallest absolute Gasteiger partial charge is 0.220 e. The lowest BCUT2D eigenvalue weighted by Gasteiger charge is -2.06. The molecular formula is C10H21NOS. The summed E-state index contributed by atoms with van der Waals surface area (Å²) in [7, 11) is 0. The van der Waals surface area contributed by atoms with Gasteiger partial charge in [-0.3, -0.25) is 4.79 Å². The Bertz CT molecular complexity index is 137. The number of rotatable bonds is 7. The summed E-state index contributed by atoms with van der Waals surface area (Å²) in [6, 6.07) is 0. The molecule has 0 rings (SSSR count). The van der Waals surface area contributed by atoms with Crippen LogP contribution in [-0.2, 0) is 4.79 Å². The Hall–Kier alpha value is -0.180. The number of nitrogens with one attached hydrogen (secondary N) is 1. The van der Waals surface area contributed by atoms with E-state index in [0.29, 0.717) is 12.3 Å². The summed E-state index contributed by atoms with van der Waals surface area (Å²) < 4.78 is 0. The molecule has 0 saturated carbocycles. The normalized spacial score (nSPS) is 10.5. The van der Waals surface area contributed by atoms with Crippen LogP contribution in [0.25, 0.3) is 0 Å². The largest absolute Gasteiger partial charge is 0.356 e. The molecular weight excluding hydrogens is 182 g/mol. The van der Waals surface area contributed by atoms with Crippen molar-refractivity contribution in [2.45, 2.75) is 33.1 Å². The zero-order chi connectivity index (χ0) is 10.1. The molecule has 0 fully saturated rings. The predicted octanol–water partition coefficient (Wildman–Crippen LogP) is 2.29. The van der Waals surface area contributed by atoms with Gasteiger partial charge in [-0.25, -0.2) is 0 Å². The van der Waals surface area contributed by atoms with Crippen LogP contribution in [0.15, 0.2) is 0 Å². The van der Waals surface area contributed by atoms with Crippen LogP contribution in [0, 0.1) is 5.92 Å². The van der Waals surface area contributed by atoms with Gasteiger partial charge in [0.05, 0.1) is 0 Å². The van der Waals surface area contributed by atoms with Gasteiger partial charge < -0.3 is 5.32 Å². The summed E-state index contributed by atoms with van der Waals surface area (Å²) in [6.07, 6.45) is 5.06. The van der Waals surface area contributed by atoms with Gasteiger partial charge in [0.25, 0.3) is 0 Å². The van der Waals surface area contributed by atoms with Gasteiger partial charge in [-0.2, -0.15) is 11.8 Å². The Morgan fingerprint density at radius 1 is 1.38 bits per heavy atom. The Morgan fingerprint density at radius 3 is 2.62 bits per heavy atom. The van der Waals surface area contributed by atoms with Crippen LogP contribution < -0.4 is 5.32 Å². The van der Waals surface area contributed by atoms with Gasteiger partial charge in [0.15, 0.2) is 0 Å². The molecule has 0 atom stereocenters. The number of thioether (sulfide) groups is 1. The molecule has 0 aliphatic rings. The van der Waals surface area contributed by atoms with Crippen molar-refractivity contribution in [1.29, 1.82) is 0 Å². The van der Waals surface area contributed by atoms with Gasteiger partial charge >= 0.3 is 0 Å². The van der Waals surface area contributed by atoms with Crippen LogP contribution >= 0.6 is 11.8 Å². The lowest BCUT2D eigenvalue weighted by molar-refractivity contribution is -0.121. The lowest BCUT2D eigenvalue weighted by atomic mass is 10.1. The number of hydrogen-bond acceptors (Lipinski definition) is 2. The predicted molar refractivity (Wildman–Crippen MR) is 60.1 cm³/mol. The van der Waals surface area contributed by atoms with Crippen LogP contribution in [0.4, 0.5) is 0 Å². The second-order valence-electron chi connectivity index (χ2n) is 3.65. The first kappa shape index (κ1) is 12.8. The molecule has 1 amide bonds. The summed E-state index contributed by atoms with van der Waals surface area (Å²) in [5, 5.41) is 2.92. The number of unbranched alkanes of at least 4 members (excludes halogenated alkanes) is 1. The summed E-state index contributed by atoms with van der Waals surface area (Å²) in [4.78, 5) is 11.2. The molecule has 0 aromatic carbocycles. The van der Waals surface area contributed by atoms with E-state index in [0.717, 1.165) is 13.0 Å². The van der Waals surface area contributed by atoms with Crippen molar-refractivity contribution in [3.05, 3.63) is 0 Å². The van der Waals surface area contributed by atoms with Crippen molar-refractivity contribution >= 4 is 17.7 Å². The maximum atomic E-state index is 11.2. The van der Waals surface area contributed by atoms with Gasteiger partial charge in [0, 0.05) is 13.0 Å². The highest BCUT2D eigenvalue weighted by Crippen LogP contribution is 2.00. The highest BCUT2D eigenvalue weighted by Gasteiger charge is 2.02. The minimum absolute atomic E-state index is 0.194. The molecule has 1 N–H and O–H groups in total. The zero-order valence-corrected chi connectivity index (χ0v) is 9.75. The Morgan fingerprint density at radius 2 is 2.08 bits per heavy atom. The fourth-order valence-corrected chi connectivity index (χ4v) is 1.53. The minimum atomic E-state index is 0.194. The second kappa shape index (κ2) is 8.42. The molecule has 0 unspecified atom stereocenters. The van der Waals surface area contributed by atoms with E-state index in [-0.39, 0.29) is 5.91 Å². The molecule has 2 nitrogen and oxygen atoms in total. The van der Waals surface area contributed by atoms with Crippen molar-refractivity contribution in [2.24, 2.45) is 5.92 Å². The molecule has 3 heteroatoms. The standard InChI is InChI=1S/C10H21NOS/c1-9(2)8-10(12)11-6-4-5-7-13-3/h9H,4-8H2,1-3H3,(H,11,12). The molecule has 13 heavy (non-hydrogen) atoms. The first-order valence-corrected chi connectivity index (χ1v) is 6.31. The molecule has 0 aromatic heterocycles. The Balaban J connectivity index is 3.17. The third-order valence-electron chi connectivity index (χ3n) is 1.69. The highest BCUT2D eigenvalue weighted by molar-refractivity contribution is 7.98. The third-order valence-corrected chi connectivity index (χ3v) is 2.39. The van der Waals surface area contributed by atoms with Crippen molar-refractivity contribution in [3.8, 4) is 0 Å². The SMILES string of the molecule is CSCCCCNC(=O)CC(C)C. The van der Waals surface area contributed by atoms with Gasteiger partial charge in [-0.05, 0) is 30.8 Å². The first-order chi connectivity index (χ1) is 6.16. The quantitative estimate of drug-likeness (QED) is 0.643. The molecule has 0 bridgehead atoms. The van der Waals surface area contributed by atoms with Gasteiger partial charge in [0.1, 0.15) is 0 Å². The number of carbonyl (C=O) groups excluding carboxylic acids is 1. The van der Waals surface area contributed by atoms with Gasteiger partial charge in [-0.15, -0.1) is 0 Å². The Kier molecular flexibility index (Phi) is 8.30. The fraction of sp³-hybridized carbons (Fsp3) is 0.900. The van der Waals surface area contributed by atoms with E-state index in [4.69, 9.17) is 0 Å². The molecule has 0 aliphatic carbocycles. The van der Waals surface area contributed by atoms with E-state index in [1.165, 1.54) is 12.2 Å². The van der Waals surface area contributed by atoms with E-state index in [1.54, 1.807) is 0 Å². The molecule has 78 valence electrons. The Labute approximate surface area is 85.9 Å². The molecule has 0 aliphatic heterocycles. The van der Waals surface area contributed by atoms with Crippen molar-refractivity contribution in [3.63, 3.8) is 0 Å². The molecule has 0 aromatic rings. The van der Waals surface area contributed by atoms with Crippen LogP contribution in [-0.4, -0.2) is 24.5 Å². The average molecular weight is 203 g/mol. The van der Waals surface area contributed by atoms with Crippen LogP contribution in [0.1, 0.15) is 33.1 Å². The number of hydrogen-bond donors (Lipinski definition) is 1. The maximum Gasteiger partial charge on any atom is 0.220 e. The monoisotopic (exact) mass is 203 g/mol. The number of amides is 1. The summed E-state index contributed by atoms with van der Waals surface area (Å²) in [5.41, 5.74) is 0. The van der Waals surface area contributed by atoms with Crippen LogP contribution in [0.2, 0.25) is 0 Å². The van der Waals surface area contributed by atoms with E-state index in [1.807, 2.05) is 11.8 Å². The number of carbonyl (C=O) groups is 1. The average Bonchev–Trinajstić information content (AvgIpc) is 2.02. The van der Waals surface area contributed by atoms with E-state index in [9.17, 15) is 4.79 Å². The van der Waals surface area contributed by atoms with Gasteiger partial charge in [-0.1, -0.05) is 13.8 Å². The molecule has 0 spiro atoms. The van der Waals surface area contributed by atoms with Gasteiger partial charge in [0.2, 0.25) is 5.91 Å². The fourth-order valence-electron chi connectivity index (χ4n) is 1.04. The third kappa shape index (κ3) is 9.74. The lowest BCUT2D eigenvalue weighted by Crippen LogP contribution is -2.25. The van der Waals surface area contributed by atoms with E-state index in [2.05, 4.69) is 25.4 Å². The molecule has 0 saturated heterocycles. The van der Waals surface area contributed by atoms with Crippen molar-refractivity contribution < 1.29 is 4.79 Å². The van der Waals surface area contributed by atoms with E-state index >= 15 is 0 Å². The zero-order valence-electron chi connectivity index (χ0n) is 8.93. The highest BCUT2D eigenvalue weighted by atomic mass is 32.2.